The van der Waals surface area contributed by atoms with Gasteiger partial charge in [0.2, 0.25) is 0 Å². The van der Waals surface area contributed by atoms with E-state index in [1.807, 2.05) is 0 Å². The van der Waals surface area contributed by atoms with Crippen LogP contribution in [0.2, 0.25) is 0 Å². The fraction of sp³-hybridized carbons (Fsp3) is 0.300. The van der Waals surface area contributed by atoms with Crippen LogP contribution in [0.3, 0.4) is 0 Å². The zero-order valence-corrected chi connectivity index (χ0v) is 8.38. The molecule has 0 fully saturated rings. The van der Waals surface area contributed by atoms with Crippen molar-refractivity contribution in [3.05, 3.63) is 29.6 Å². The van der Waals surface area contributed by atoms with E-state index in [0.29, 0.717) is 5.69 Å². The van der Waals surface area contributed by atoms with Crippen molar-refractivity contribution in [3.63, 3.8) is 0 Å². The number of benzene rings is 1. The van der Waals surface area contributed by atoms with Crippen LogP contribution in [0.25, 0.3) is 0 Å². The summed E-state index contributed by atoms with van der Waals surface area (Å²) in [6.07, 6.45) is 0.247. The number of anilines is 1. The molecule has 1 atom stereocenters. The molecule has 15 heavy (non-hydrogen) atoms. The van der Waals surface area contributed by atoms with Crippen LogP contribution in [0.5, 0.6) is 0 Å². The first-order valence-corrected chi connectivity index (χ1v) is 4.51. The molecule has 0 aromatic heterocycles. The lowest BCUT2D eigenvalue weighted by Crippen LogP contribution is -2.32. The van der Waals surface area contributed by atoms with Gasteiger partial charge < -0.3 is 16.2 Å². The van der Waals surface area contributed by atoms with E-state index in [0.717, 1.165) is 5.56 Å². The van der Waals surface area contributed by atoms with Crippen LogP contribution in [0.1, 0.15) is 5.56 Å². The molecule has 0 bridgehead atoms. The van der Waals surface area contributed by atoms with Gasteiger partial charge in [-0.05, 0) is 17.7 Å². The van der Waals surface area contributed by atoms with Crippen LogP contribution in [0.4, 0.5) is 10.1 Å². The summed E-state index contributed by atoms with van der Waals surface area (Å²) < 4.78 is 13.1. The highest BCUT2D eigenvalue weighted by molar-refractivity contribution is 5.73. The van der Waals surface area contributed by atoms with E-state index in [1.54, 1.807) is 19.2 Å². The predicted molar refractivity (Wildman–Crippen MR) is 56.2 cm³/mol. The molecule has 5 N–H and O–H groups in total. The van der Waals surface area contributed by atoms with Crippen LogP contribution < -0.4 is 11.1 Å². The van der Waals surface area contributed by atoms with Gasteiger partial charge in [0.25, 0.3) is 0 Å². The van der Waals surface area contributed by atoms with Gasteiger partial charge >= 0.3 is 5.97 Å². The monoisotopic (exact) mass is 213 g/mol. The Balaban J connectivity index is 2.83. The topological polar surface area (TPSA) is 78.0 Å². The lowest BCUT2D eigenvalue weighted by molar-refractivity contribution is -0.138. The van der Waals surface area contributed by atoms with Gasteiger partial charge in [0.1, 0.15) is 5.82 Å². The van der Waals surface area contributed by atoms with Gasteiger partial charge in [0, 0.05) is 18.3 Å². The third kappa shape index (κ3) is 2.92. The summed E-state index contributed by atoms with van der Waals surface area (Å²) in [5.74, 6) is -1.17. The Morgan fingerprint density at radius 3 is 2.87 bits per heavy atom. The maximum Gasteiger partial charge on any atom is 0.533 e. The van der Waals surface area contributed by atoms with Gasteiger partial charge in [-0.3, -0.25) is 0 Å². The normalized spacial score (nSPS) is 12.2. The Morgan fingerprint density at radius 1 is 1.67 bits per heavy atom. The highest BCUT2D eigenvalue weighted by Crippen LogP contribution is 2.16. The molecule has 0 spiro atoms. The standard InChI is InChI=1S/C10H13FN2O2/c1-13-9-5-6(2-3-7(9)11)4-8(12)10(14)15/h2-3,5,8,13H,4,12H2,1H3,(H,14,15)/p+1/t8-/m0/s1. The molecule has 0 radical (unpaired) electrons. The summed E-state index contributed by atoms with van der Waals surface area (Å²) in [7, 11) is 1.61. The van der Waals surface area contributed by atoms with Crippen LogP contribution in [-0.2, 0) is 11.2 Å². The van der Waals surface area contributed by atoms with Gasteiger partial charge in [-0.25, -0.2) is 4.39 Å². The van der Waals surface area contributed by atoms with E-state index in [4.69, 9.17) is 10.8 Å². The van der Waals surface area contributed by atoms with E-state index in [1.165, 1.54) is 6.07 Å². The van der Waals surface area contributed by atoms with Gasteiger partial charge in [-0.1, -0.05) is 6.07 Å². The lowest BCUT2D eigenvalue weighted by Gasteiger charge is -2.07. The zero-order chi connectivity index (χ0) is 11.4. The molecule has 0 saturated heterocycles. The van der Waals surface area contributed by atoms with Crippen LogP contribution >= 0.6 is 0 Å². The van der Waals surface area contributed by atoms with Crippen molar-refractivity contribution in [2.75, 3.05) is 12.4 Å². The smallest absolute Gasteiger partial charge is 0.533 e. The highest BCUT2D eigenvalue weighted by Gasteiger charge is 2.20. The SMILES string of the molecule is CNc1cc(C[C@H](N)C(=O)[OH2+])ccc1F. The molecule has 82 valence electrons. The Morgan fingerprint density at radius 2 is 2.33 bits per heavy atom. The highest BCUT2D eigenvalue weighted by atomic mass is 19.1. The Kier molecular flexibility index (Phi) is 3.62. The van der Waals surface area contributed by atoms with Gasteiger partial charge in [-0.2, -0.15) is 0 Å². The third-order valence-electron chi connectivity index (χ3n) is 2.09. The second-order valence-corrected chi connectivity index (χ2v) is 3.24. The number of carbonyl (C=O) groups excluding carboxylic acids is 1. The molecule has 1 aromatic carbocycles. The molecule has 0 aliphatic heterocycles. The van der Waals surface area contributed by atoms with E-state index in [2.05, 4.69) is 5.32 Å². The minimum atomic E-state index is -0.847. The fourth-order valence-electron chi connectivity index (χ4n) is 1.24. The second kappa shape index (κ2) is 4.75. The molecule has 0 amide bonds. The number of carbonyl (C=O) groups is 1. The van der Waals surface area contributed by atoms with Crippen LogP contribution in [0.15, 0.2) is 18.2 Å². The number of halogens is 1. The van der Waals surface area contributed by atoms with E-state index in [9.17, 15) is 9.18 Å². The summed E-state index contributed by atoms with van der Waals surface area (Å²) >= 11 is 0. The quantitative estimate of drug-likeness (QED) is 0.690. The molecule has 4 nitrogen and oxygen atoms in total. The average molecular weight is 213 g/mol. The average Bonchev–Trinajstić information content (AvgIpc) is 2.20. The minimum Gasteiger partial charge on any atom is -0.564 e. The Labute approximate surface area is 86.9 Å². The number of hydrogen-bond donors (Lipinski definition) is 2. The van der Waals surface area contributed by atoms with E-state index >= 15 is 0 Å². The largest absolute Gasteiger partial charge is 0.564 e. The van der Waals surface area contributed by atoms with Crippen LogP contribution in [-0.4, -0.2) is 24.2 Å². The van der Waals surface area contributed by atoms with Gasteiger partial charge in [0.15, 0.2) is 6.04 Å². The van der Waals surface area contributed by atoms with Crippen molar-refractivity contribution < 1.29 is 14.3 Å². The van der Waals surface area contributed by atoms with Crippen molar-refractivity contribution in [1.29, 1.82) is 0 Å². The molecule has 1 aromatic rings. The molecule has 0 saturated carbocycles. The van der Waals surface area contributed by atoms with Crippen molar-refractivity contribution in [2.45, 2.75) is 12.5 Å². The molecule has 0 aliphatic carbocycles. The molecular weight excluding hydrogens is 199 g/mol. The number of hydrogen-bond acceptors (Lipinski definition) is 3. The van der Waals surface area contributed by atoms with E-state index < -0.39 is 12.0 Å². The first-order valence-electron chi connectivity index (χ1n) is 4.51. The minimum absolute atomic E-state index is 0.247. The number of nitrogens with one attached hydrogen (secondary N) is 1. The van der Waals surface area contributed by atoms with Crippen molar-refractivity contribution in [1.82, 2.24) is 0 Å². The lowest BCUT2D eigenvalue weighted by atomic mass is 10.1. The van der Waals surface area contributed by atoms with E-state index in [-0.39, 0.29) is 12.2 Å². The molecule has 1 rings (SSSR count). The molecule has 5 heteroatoms. The fourth-order valence-corrected chi connectivity index (χ4v) is 1.24. The number of rotatable bonds is 4. The Hall–Kier alpha value is -1.62. The summed E-state index contributed by atoms with van der Waals surface area (Å²) in [6, 6.07) is 3.60. The second-order valence-electron chi connectivity index (χ2n) is 3.24. The maximum absolute atomic E-state index is 13.1. The number of nitrogens with two attached hydrogens (primary N) is 1. The molecule has 0 aliphatic rings. The third-order valence-corrected chi connectivity index (χ3v) is 2.09. The van der Waals surface area contributed by atoms with Crippen LogP contribution in [0, 0.1) is 5.82 Å². The summed E-state index contributed by atoms with van der Waals surface area (Å²) in [5.41, 5.74) is 6.52. The van der Waals surface area contributed by atoms with Crippen molar-refractivity contribution in [2.24, 2.45) is 5.73 Å². The predicted octanol–water partition coefficient (Wildman–Crippen LogP) is -0.0116. The summed E-state index contributed by atoms with van der Waals surface area (Å²) in [4.78, 5) is 10.6. The maximum atomic E-state index is 13.1. The summed E-state index contributed by atoms with van der Waals surface area (Å²) in [5, 5.41) is 9.51. The summed E-state index contributed by atoms with van der Waals surface area (Å²) in [6.45, 7) is 0. The molecular formula is C10H14FN2O2+. The van der Waals surface area contributed by atoms with Gasteiger partial charge in [0.05, 0.1) is 5.69 Å². The Bertz CT molecular complexity index is 368. The van der Waals surface area contributed by atoms with Crippen molar-refractivity contribution >= 4 is 11.7 Å². The molecule has 0 unspecified atom stereocenters. The van der Waals surface area contributed by atoms with Gasteiger partial charge in [-0.15, -0.1) is 0 Å². The zero-order valence-electron chi connectivity index (χ0n) is 8.38. The van der Waals surface area contributed by atoms with Crippen molar-refractivity contribution in [3.8, 4) is 0 Å². The molecule has 0 heterocycles. The first kappa shape index (κ1) is 11.5. The first-order chi connectivity index (χ1) is 7.04.